The monoisotopic (exact) mass is 877 g/mol. The van der Waals surface area contributed by atoms with E-state index in [0.29, 0.717) is 19.3 Å². The number of esters is 3. The van der Waals surface area contributed by atoms with E-state index in [1.807, 2.05) is 97.2 Å². The summed E-state index contributed by atoms with van der Waals surface area (Å²) >= 11 is 0. The van der Waals surface area contributed by atoms with E-state index in [4.69, 9.17) is 14.2 Å². The highest BCUT2D eigenvalue weighted by atomic mass is 16.6. The van der Waals surface area contributed by atoms with Crippen LogP contribution in [0.5, 0.6) is 0 Å². The van der Waals surface area contributed by atoms with E-state index in [2.05, 4.69) is 93.7 Å². The zero-order chi connectivity index (χ0) is 46.5. The first-order valence-corrected chi connectivity index (χ1v) is 24.3. The van der Waals surface area contributed by atoms with Gasteiger partial charge in [-0.1, -0.05) is 210 Å². The second-order valence-corrected chi connectivity index (χ2v) is 15.1. The van der Waals surface area contributed by atoms with Gasteiger partial charge in [0.25, 0.3) is 0 Å². The molecule has 1 atom stereocenters. The van der Waals surface area contributed by atoms with Gasteiger partial charge < -0.3 is 14.2 Å². The summed E-state index contributed by atoms with van der Waals surface area (Å²) in [5, 5.41) is 0. The van der Waals surface area contributed by atoms with E-state index >= 15 is 0 Å². The largest absolute Gasteiger partial charge is 0.462 e. The van der Waals surface area contributed by atoms with Crippen molar-refractivity contribution in [1.82, 2.24) is 0 Å². The molecule has 64 heavy (non-hydrogen) atoms. The van der Waals surface area contributed by atoms with E-state index in [-0.39, 0.29) is 44.0 Å². The van der Waals surface area contributed by atoms with Gasteiger partial charge in [-0.05, 0) is 96.3 Å². The van der Waals surface area contributed by atoms with Crippen LogP contribution in [0, 0.1) is 0 Å². The summed E-state index contributed by atoms with van der Waals surface area (Å²) in [4.78, 5) is 37.9. The fourth-order valence-electron chi connectivity index (χ4n) is 5.65. The molecule has 0 rings (SSSR count). The van der Waals surface area contributed by atoms with Gasteiger partial charge in [0.1, 0.15) is 13.2 Å². The van der Waals surface area contributed by atoms with Gasteiger partial charge in [0.05, 0.1) is 0 Å². The number of hydrogen-bond acceptors (Lipinski definition) is 6. The van der Waals surface area contributed by atoms with Crippen molar-refractivity contribution in [3.05, 3.63) is 170 Å². The first-order valence-electron chi connectivity index (χ1n) is 24.3. The molecule has 0 saturated carbocycles. The first-order chi connectivity index (χ1) is 31.5. The number of allylic oxidation sites excluding steroid dienone is 28. The maximum Gasteiger partial charge on any atom is 0.306 e. The number of rotatable bonds is 40. The van der Waals surface area contributed by atoms with E-state index in [1.165, 1.54) is 0 Å². The normalized spacial score (nSPS) is 13.6. The van der Waals surface area contributed by atoms with Crippen LogP contribution in [0.15, 0.2) is 170 Å². The second-order valence-electron chi connectivity index (χ2n) is 15.1. The van der Waals surface area contributed by atoms with Crippen molar-refractivity contribution in [2.75, 3.05) is 13.2 Å². The molecule has 0 spiro atoms. The Kier molecular flexibility index (Phi) is 46.3. The van der Waals surface area contributed by atoms with Crippen LogP contribution in [-0.4, -0.2) is 37.2 Å². The predicted octanol–water partition coefficient (Wildman–Crippen LogP) is 16.0. The third-order valence-corrected chi connectivity index (χ3v) is 9.20. The lowest BCUT2D eigenvalue weighted by molar-refractivity contribution is -0.167. The number of carbonyl (C=O) groups excluding carboxylic acids is 3. The summed E-state index contributed by atoms with van der Waals surface area (Å²) in [6.45, 7) is 6.09. The molecule has 1 unspecified atom stereocenters. The summed E-state index contributed by atoms with van der Waals surface area (Å²) in [5.74, 6) is -1.07. The average Bonchev–Trinajstić information content (AvgIpc) is 3.29. The smallest absolute Gasteiger partial charge is 0.306 e. The Hall–Kier alpha value is -5.23. The SMILES string of the molecule is CC\C=C/C=C\C=C/C=C\C=C/CCCCCC(=O)OCC(COC(=O)CCCCC/C=C\C/C=C\C/C=C\C/C=C\CC)OC(=O)CCCCC\C=C/C=C\C=C/C=C\C=C/CC. The van der Waals surface area contributed by atoms with E-state index in [1.54, 1.807) is 0 Å². The lowest BCUT2D eigenvalue weighted by atomic mass is 10.1. The molecule has 0 aliphatic rings. The number of unbranched alkanes of at least 4 members (excludes halogenated alkanes) is 9. The van der Waals surface area contributed by atoms with Crippen molar-refractivity contribution in [3.8, 4) is 0 Å². The van der Waals surface area contributed by atoms with E-state index in [9.17, 15) is 14.4 Å². The molecule has 352 valence electrons. The Balaban J connectivity index is 4.66. The third kappa shape index (κ3) is 47.8. The molecule has 6 nitrogen and oxygen atoms in total. The maximum absolute atomic E-state index is 12.8. The molecule has 0 fully saturated rings. The number of hydrogen-bond donors (Lipinski definition) is 0. The first kappa shape index (κ1) is 58.8. The van der Waals surface area contributed by atoms with Crippen LogP contribution in [0.1, 0.15) is 156 Å². The minimum absolute atomic E-state index is 0.136. The molecule has 6 heteroatoms. The Morgan fingerprint density at radius 1 is 0.328 bits per heavy atom. The van der Waals surface area contributed by atoms with Crippen LogP contribution < -0.4 is 0 Å². The number of carbonyl (C=O) groups is 3. The molecule has 0 amide bonds. The summed E-state index contributed by atoms with van der Waals surface area (Å²) in [7, 11) is 0. The highest BCUT2D eigenvalue weighted by Crippen LogP contribution is 2.11. The van der Waals surface area contributed by atoms with Crippen LogP contribution >= 0.6 is 0 Å². The van der Waals surface area contributed by atoms with Gasteiger partial charge in [-0.15, -0.1) is 0 Å². The zero-order valence-corrected chi connectivity index (χ0v) is 40.0. The average molecular weight is 877 g/mol. The lowest BCUT2D eigenvalue weighted by Crippen LogP contribution is -2.30. The Bertz CT molecular complexity index is 1570. The van der Waals surface area contributed by atoms with Crippen LogP contribution in [0.25, 0.3) is 0 Å². The fourth-order valence-corrected chi connectivity index (χ4v) is 5.65. The minimum atomic E-state index is -0.840. The molecule has 0 aromatic carbocycles. The van der Waals surface area contributed by atoms with Crippen molar-refractivity contribution >= 4 is 17.9 Å². The molecule has 0 bridgehead atoms. The van der Waals surface area contributed by atoms with Gasteiger partial charge in [0, 0.05) is 19.3 Å². The molecule has 0 aliphatic carbocycles. The molecule has 0 aromatic rings. The van der Waals surface area contributed by atoms with E-state index < -0.39 is 6.10 Å². The van der Waals surface area contributed by atoms with Gasteiger partial charge in [0.2, 0.25) is 0 Å². The van der Waals surface area contributed by atoms with Gasteiger partial charge in [0.15, 0.2) is 6.10 Å². The quantitative estimate of drug-likeness (QED) is 0.0201. The lowest BCUT2D eigenvalue weighted by Gasteiger charge is -2.18. The van der Waals surface area contributed by atoms with Crippen molar-refractivity contribution in [2.45, 2.75) is 162 Å². The van der Waals surface area contributed by atoms with E-state index in [0.717, 1.165) is 103 Å². The molecule has 0 aromatic heterocycles. The molecule has 0 heterocycles. The molecule has 0 N–H and O–H groups in total. The molecule has 0 aliphatic heterocycles. The Morgan fingerprint density at radius 3 is 1.03 bits per heavy atom. The summed E-state index contributed by atoms with van der Waals surface area (Å²) in [6, 6.07) is 0. The van der Waals surface area contributed by atoms with Crippen LogP contribution in [0.2, 0.25) is 0 Å². The standard InChI is InChI=1S/C58H84O6/c1-4-7-10-13-16-19-22-25-28-31-33-36-39-42-45-48-51-57(60)63-54-55(64-58(61)52-49-46-43-40-37-34-30-27-24-21-18-15-12-9-6-3)53-62-56(59)50-47-44-41-38-35-32-29-26-23-20-17-14-11-8-5-2/h7-12,14-21,23-30,32-37,55H,4-6,13,22,31,38-54H2,1-3H3/b10-7-,11-8-,12-9-,17-14-,18-15-,19-16-,23-20-,24-21-,28-25-,29-26-,30-27-,35-32-,36-33-,37-34-. The van der Waals surface area contributed by atoms with Crippen LogP contribution in [0.3, 0.4) is 0 Å². The van der Waals surface area contributed by atoms with Gasteiger partial charge in [-0.25, -0.2) is 0 Å². The summed E-state index contributed by atoms with van der Waals surface area (Å²) in [6.07, 6.45) is 74.7. The highest BCUT2D eigenvalue weighted by Gasteiger charge is 2.19. The molecular formula is C58H84O6. The second kappa shape index (κ2) is 50.4. The Morgan fingerprint density at radius 2 is 0.641 bits per heavy atom. The topological polar surface area (TPSA) is 78.9 Å². The van der Waals surface area contributed by atoms with Crippen molar-refractivity contribution < 1.29 is 28.6 Å². The minimum Gasteiger partial charge on any atom is -0.462 e. The van der Waals surface area contributed by atoms with Crippen LogP contribution in [0.4, 0.5) is 0 Å². The van der Waals surface area contributed by atoms with Crippen molar-refractivity contribution in [2.24, 2.45) is 0 Å². The molecule has 0 radical (unpaired) electrons. The Labute approximate surface area is 390 Å². The molecule has 0 saturated heterocycles. The summed E-state index contributed by atoms with van der Waals surface area (Å²) < 4.78 is 16.7. The number of ether oxygens (including phenoxy) is 3. The van der Waals surface area contributed by atoms with Crippen LogP contribution in [-0.2, 0) is 28.6 Å². The zero-order valence-electron chi connectivity index (χ0n) is 40.0. The van der Waals surface area contributed by atoms with Gasteiger partial charge >= 0.3 is 17.9 Å². The summed E-state index contributed by atoms with van der Waals surface area (Å²) in [5.41, 5.74) is 0. The fraction of sp³-hybridized carbons (Fsp3) is 0.466. The van der Waals surface area contributed by atoms with Crippen molar-refractivity contribution in [3.63, 3.8) is 0 Å². The van der Waals surface area contributed by atoms with Crippen molar-refractivity contribution in [1.29, 1.82) is 0 Å². The molecular weight excluding hydrogens is 793 g/mol. The van der Waals surface area contributed by atoms with Gasteiger partial charge in [-0.2, -0.15) is 0 Å². The van der Waals surface area contributed by atoms with Gasteiger partial charge in [-0.3, -0.25) is 14.4 Å². The third-order valence-electron chi connectivity index (χ3n) is 9.20. The highest BCUT2D eigenvalue weighted by molar-refractivity contribution is 5.71. The maximum atomic E-state index is 12.8. The predicted molar refractivity (Wildman–Crippen MR) is 274 cm³/mol.